The van der Waals surface area contributed by atoms with Crippen molar-refractivity contribution in [3.8, 4) is 11.8 Å². The van der Waals surface area contributed by atoms with E-state index in [4.69, 9.17) is 26.1 Å². The third-order valence-corrected chi connectivity index (χ3v) is 6.67. The van der Waals surface area contributed by atoms with Crippen LogP contribution in [0.15, 0.2) is 23.1 Å². The van der Waals surface area contributed by atoms with E-state index in [1.165, 1.54) is 12.1 Å². The SMILES string of the molecule is CC(c1nc2c(cnn2C2CCOCC2)c(=O)[nH]1)N1CC(Oc2ccc(F)c(Cl)c2C#N)C1. The highest BCUT2D eigenvalue weighted by molar-refractivity contribution is 6.32. The van der Waals surface area contributed by atoms with Crippen LogP contribution in [0.5, 0.6) is 5.75 Å². The van der Waals surface area contributed by atoms with Crippen molar-refractivity contribution in [2.45, 2.75) is 38.0 Å². The van der Waals surface area contributed by atoms with Crippen LogP contribution in [0.2, 0.25) is 5.02 Å². The molecule has 2 aliphatic rings. The summed E-state index contributed by atoms with van der Waals surface area (Å²) in [5.74, 6) is 0.159. The quantitative estimate of drug-likeness (QED) is 0.608. The first-order valence-corrected chi connectivity index (χ1v) is 11.2. The Morgan fingerprint density at radius 3 is 2.85 bits per heavy atom. The molecule has 1 unspecified atom stereocenters. The van der Waals surface area contributed by atoms with Gasteiger partial charge in [0.05, 0.1) is 23.3 Å². The molecular weight excluding hydrogens is 451 g/mol. The zero-order chi connectivity index (χ0) is 23.1. The summed E-state index contributed by atoms with van der Waals surface area (Å²) in [7, 11) is 0. The van der Waals surface area contributed by atoms with Crippen molar-refractivity contribution in [2.75, 3.05) is 26.3 Å². The Balaban J connectivity index is 1.31. The Kier molecular flexibility index (Phi) is 5.78. The summed E-state index contributed by atoms with van der Waals surface area (Å²) in [4.78, 5) is 22.4. The fourth-order valence-corrected chi connectivity index (χ4v) is 4.49. The van der Waals surface area contributed by atoms with E-state index in [-0.39, 0.29) is 40.1 Å². The molecule has 172 valence electrons. The first-order valence-electron chi connectivity index (χ1n) is 10.8. The summed E-state index contributed by atoms with van der Waals surface area (Å²) in [6.45, 7) is 4.41. The van der Waals surface area contributed by atoms with Crippen LogP contribution in [-0.2, 0) is 4.74 Å². The lowest BCUT2D eigenvalue weighted by molar-refractivity contribution is -0.00753. The molecule has 1 aromatic carbocycles. The molecule has 2 aromatic heterocycles. The van der Waals surface area contributed by atoms with Gasteiger partial charge in [-0.25, -0.2) is 14.1 Å². The van der Waals surface area contributed by atoms with Gasteiger partial charge in [-0.2, -0.15) is 10.4 Å². The summed E-state index contributed by atoms with van der Waals surface area (Å²) in [6.07, 6.45) is 3.04. The van der Waals surface area contributed by atoms with Gasteiger partial charge < -0.3 is 14.5 Å². The summed E-state index contributed by atoms with van der Waals surface area (Å²) in [5, 5.41) is 13.9. The van der Waals surface area contributed by atoms with Gasteiger partial charge in [-0.05, 0) is 31.9 Å². The van der Waals surface area contributed by atoms with Crippen molar-refractivity contribution in [3.63, 3.8) is 0 Å². The molecule has 0 saturated carbocycles. The Labute approximate surface area is 193 Å². The zero-order valence-corrected chi connectivity index (χ0v) is 18.7. The smallest absolute Gasteiger partial charge is 0.262 e. The number of likely N-dealkylation sites (tertiary alicyclic amines) is 1. The van der Waals surface area contributed by atoms with Crippen molar-refractivity contribution in [1.29, 1.82) is 5.26 Å². The second-order valence-corrected chi connectivity index (χ2v) is 8.72. The van der Waals surface area contributed by atoms with Crippen LogP contribution in [0.4, 0.5) is 4.39 Å². The molecule has 4 heterocycles. The van der Waals surface area contributed by atoms with E-state index in [0.29, 0.717) is 43.2 Å². The predicted molar refractivity (Wildman–Crippen MR) is 118 cm³/mol. The molecule has 0 bridgehead atoms. The minimum absolute atomic E-state index is 0.0130. The number of fused-ring (bicyclic) bond motifs is 1. The summed E-state index contributed by atoms with van der Waals surface area (Å²) in [5.41, 5.74) is 0.356. The number of hydrogen-bond donors (Lipinski definition) is 1. The van der Waals surface area contributed by atoms with E-state index in [0.717, 1.165) is 12.8 Å². The van der Waals surface area contributed by atoms with Crippen molar-refractivity contribution in [2.24, 2.45) is 0 Å². The third-order valence-electron chi connectivity index (χ3n) is 6.30. The molecule has 0 amide bonds. The molecule has 33 heavy (non-hydrogen) atoms. The molecule has 2 fully saturated rings. The van der Waals surface area contributed by atoms with Crippen LogP contribution >= 0.6 is 11.6 Å². The van der Waals surface area contributed by atoms with Gasteiger partial charge in [-0.3, -0.25) is 9.69 Å². The van der Waals surface area contributed by atoms with Gasteiger partial charge in [-0.15, -0.1) is 0 Å². The molecule has 3 aromatic rings. The van der Waals surface area contributed by atoms with Gasteiger partial charge in [0.15, 0.2) is 5.65 Å². The Morgan fingerprint density at radius 1 is 1.36 bits per heavy atom. The number of nitrogens with zero attached hydrogens (tertiary/aromatic N) is 5. The van der Waals surface area contributed by atoms with Gasteiger partial charge in [-0.1, -0.05) is 11.6 Å². The van der Waals surface area contributed by atoms with Gasteiger partial charge in [0.2, 0.25) is 0 Å². The molecule has 11 heteroatoms. The van der Waals surface area contributed by atoms with Crippen molar-refractivity contribution in [1.82, 2.24) is 24.6 Å². The fourth-order valence-electron chi connectivity index (χ4n) is 4.30. The van der Waals surface area contributed by atoms with Crippen LogP contribution in [0.3, 0.4) is 0 Å². The maximum Gasteiger partial charge on any atom is 0.262 e. The fraction of sp³-hybridized carbons (Fsp3) is 0.455. The molecule has 0 radical (unpaired) electrons. The lowest BCUT2D eigenvalue weighted by Gasteiger charge is -2.42. The first-order chi connectivity index (χ1) is 16.0. The molecule has 1 N–H and O–H groups in total. The van der Waals surface area contributed by atoms with E-state index in [9.17, 15) is 14.4 Å². The summed E-state index contributed by atoms with van der Waals surface area (Å²) in [6, 6.07) is 4.49. The molecule has 2 saturated heterocycles. The molecule has 1 atom stereocenters. The minimum Gasteiger partial charge on any atom is -0.486 e. The Bertz CT molecular complexity index is 1290. The monoisotopic (exact) mass is 472 g/mol. The number of H-pyrrole nitrogens is 1. The zero-order valence-electron chi connectivity index (χ0n) is 17.9. The molecular formula is C22H22ClFN6O3. The van der Waals surface area contributed by atoms with Crippen LogP contribution in [0.1, 0.15) is 43.2 Å². The standard InChI is InChI=1S/C22H22ClFN6O3/c1-12(29-10-14(11-29)33-18-3-2-17(24)19(23)15(18)8-25)20-27-21-16(22(31)28-20)9-26-30(21)13-4-6-32-7-5-13/h2-3,9,12-14H,4-7,10-11H2,1H3,(H,27,28,31). The maximum absolute atomic E-state index is 13.6. The van der Waals surface area contributed by atoms with Gasteiger partial charge >= 0.3 is 0 Å². The number of aromatic nitrogens is 4. The highest BCUT2D eigenvalue weighted by atomic mass is 35.5. The van der Waals surface area contributed by atoms with Crippen LogP contribution in [-0.4, -0.2) is 57.1 Å². The number of rotatable bonds is 5. The number of nitrogens with one attached hydrogen (secondary N) is 1. The molecule has 9 nitrogen and oxygen atoms in total. The highest BCUT2D eigenvalue weighted by Crippen LogP contribution is 2.32. The number of halogens is 2. The maximum atomic E-state index is 13.6. The van der Waals surface area contributed by atoms with Gasteiger partial charge in [0, 0.05) is 26.3 Å². The number of nitriles is 1. The van der Waals surface area contributed by atoms with Crippen molar-refractivity contribution >= 4 is 22.6 Å². The second kappa shape index (κ2) is 8.74. The van der Waals surface area contributed by atoms with Gasteiger partial charge in [0.1, 0.15) is 40.5 Å². The van der Waals surface area contributed by atoms with E-state index in [1.807, 2.05) is 17.7 Å². The number of hydrogen-bond acceptors (Lipinski definition) is 7. The van der Waals surface area contributed by atoms with Crippen LogP contribution in [0.25, 0.3) is 11.0 Å². The largest absolute Gasteiger partial charge is 0.486 e. The average molecular weight is 473 g/mol. The van der Waals surface area contributed by atoms with E-state index in [2.05, 4.69) is 15.0 Å². The molecule has 5 rings (SSSR count). The average Bonchev–Trinajstić information content (AvgIpc) is 3.23. The van der Waals surface area contributed by atoms with Gasteiger partial charge in [0.25, 0.3) is 5.56 Å². The Hall–Kier alpha value is -3.00. The van der Waals surface area contributed by atoms with E-state index < -0.39 is 5.82 Å². The predicted octanol–water partition coefficient (Wildman–Crippen LogP) is 2.96. The summed E-state index contributed by atoms with van der Waals surface area (Å²) < 4.78 is 26.8. The second-order valence-electron chi connectivity index (χ2n) is 8.34. The molecule has 0 aliphatic carbocycles. The highest BCUT2D eigenvalue weighted by Gasteiger charge is 2.34. The summed E-state index contributed by atoms with van der Waals surface area (Å²) >= 11 is 5.88. The molecule has 0 spiro atoms. The van der Waals surface area contributed by atoms with Crippen molar-refractivity contribution < 1.29 is 13.9 Å². The Morgan fingerprint density at radius 2 is 2.12 bits per heavy atom. The topological polar surface area (TPSA) is 109 Å². The number of ether oxygens (including phenoxy) is 2. The van der Waals surface area contributed by atoms with Crippen molar-refractivity contribution in [3.05, 3.63) is 50.9 Å². The number of aromatic amines is 1. The lowest BCUT2D eigenvalue weighted by Crippen LogP contribution is -2.54. The minimum atomic E-state index is -0.658. The lowest BCUT2D eigenvalue weighted by atomic mass is 10.1. The van der Waals surface area contributed by atoms with Crippen LogP contribution < -0.4 is 10.3 Å². The third kappa shape index (κ3) is 3.97. The number of benzene rings is 1. The van der Waals surface area contributed by atoms with Crippen LogP contribution in [0, 0.1) is 17.1 Å². The first kappa shape index (κ1) is 21.8. The van der Waals surface area contributed by atoms with E-state index in [1.54, 1.807) is 6.20 Å². The normalized spacial score (nSPS) is 18.7. The van der Waals surface area contributed by atoms with E-state index >= 15 is 0 Å². The molecule has 2 aliphatic heterocycles.